The lowest BCUT2D eigenvalue weighted by Crippen LogP contribution is -2.53. The quantitative estimate of drug-likeness (QED) is 0.316. The Balaban J connectivity index is 0.00000156. The van der Waals surface area contributed by atoms with Gasteiger partial charge in [-0.1, -0.05) is 0 Å². The third-order valence-corrected chi connectivity index (χ3v) is 6.17. The van der Waals surface area contributed by atoms with Gasteiger partial charge in [0.25, 0.3) is 0 Å². The third-order valence-electron chi connectivity index (χ3n) is 6.17. The lowest BCUT2D eigenvalue weighted by Gasteiger charge is -2.50. The van der Waals surface area contributed by atoms with Crippen molar-refractivity contribution in [2.45, 2.75) is 39.3 Å². The maximum atomic E-state index is 16.0. The molecule has 194 valence electrons. The van der Waals surface area contributed by atoms with Gasteiger partial charge in [-0.25, -0.2) is 8.78 Å². The van der Waals surface area contributed by atoms with Gasteiger partial charge >= 0.3 is 0 Å². The highest BCUT2D eigenvalue weighted by atomic mass is 19.1. The summed E-state index contributed by atoms with van der Waals surface area (Å²) in [6.45, 7) is 8.20. The number of hydrogen-bond donors (Lipinski definition) is 2. The van der Waals surface area contributed by atoms with Gasteiger partial charge in [-0.3, -0.25) is 9.89 Å². The van der Waals surface area contributed by atoms with Gasteiger partial charge in [0.05, 0.1) is 23.5 Å². The second kappa shape index (κ2) is 10.2. The van der Waals surface area contributed by atoms with Gasteiger partial charge in [0.1, 0.15) is 17.5 Å². The van der Waals surface area contributed by atoms with Crippen molar-refractivity contribution < 1.29 is 23.4 Å². The minimum absolute atomic E-state index is 0.145. The number of fused-ring (bicyclic) bond motifs is 2. The Morgan fingerprint density at radius 3 is 2.41 bits per heavy atom. The molecule has 2 N–H and O–H groups in total. The normalized spacial score (nSPS) is 14.3. The zero-order valence-corrected chi connectivity index (χ0v) is 21.4. The van der Waals surface area contributed by atoms with Crippen molar-refractivity contribution in [2.24, 2.45) is 0 Å². The Morgan fingerprint density at radius 2 is 1.76 bits per heavy atom. The van der Waals surface area contributed by atoms with Gasteiger partial charge in [-0.2, -0.15) is 5.10 Å². The Kier molecular flexibility index (Phi) is 7.18. The zero-order chi connectivity index (χ0) is 26.9. The molecule has 1 aliphatic rings. The summed E-state index contributed by atoms with van der Waals surface area (Å²) >= 11 is 0. The molecule has 0 fully saturated rings. The number of aldehydes is 1. The summed E-state index contributed by atoms with van der Waals surface area (Å²) in [7, 11) is 1.00. The van der Waals surface area contributed by atoms with Gasteiger partial charge in [-0.15, -0.1) is 0 Å². The molecule has 0 spiro atoms. The Labute approximate surface area is 214 Å². The summed E-state index contributed by atoms with van der Waals surface area (Å²) in [4.78, 5) is 15.1. The van der Waals surface area contributed by atoms with Crippen molar-refractivity contribution in [1.82, 2.24) is 10.2 Å². The number of aliphatic hydroxyl groups is 1. The van der Waals surface area contributed by atoms with Crippen molar-refractivity contribution in [1.29, 1.82) is 0 Å². The number of rotatable bonds is 5. The number of ether oxygens (including phenoxy) is 1. The van der Waals surface area contributed by atoms with E-state index in [1.54, 1.807) is 30.5 Å². The first-order valence-corrected chi connectivity index (χ1v) is 11.9. The summed E-state index contributed by atoms with van der Waals surface area (Å²) < 4.78 is 36.3. The van der Waals surface area contributed by atoms with E-state index in [0.717, 1.165) is 19.1 Å². The van der Waals surface area contributed by atoms with Gasteiger partial charge in [0.2, 0.25) is 0 Å². The van der Waals surface area contributed by atoms with Gasteiger partial charge in [0.15, 0.2) is 17.4 Å². The second-order valence-corrected chi connectivity index (χ2v) is 9.62. The number of halogens is 2. The van der Waals surface area contributed by atoms with Crippen LogP contribution in [0.4, 0.5) is 31.5 Å². The van der Waals surface area contributed by atoms with Crippen molar-refractivity contribution >= 4 is 39.9 Å². The van der Waals surface area contributed by atoms with Gasteiger partial charge < -0.3 is 19.6 Å². The van der Waals surface area contributed by atoms with Crippen molar-refractivity contribution in [3.8, 4) is 5.75 Å². The number of H-pyrrole nitrogens is 1. The molecule has 0 saturated carbocycles. The summed E-state index contributed by atoms with van der Waals surface area (Å²) in [5.41, 5.74) is 2.75. The minimum Gasteiger partial charge on any atom is -0.488 e. The molecule has 7 nitrogen and oxygen atoms in total. The molecule has 0 bridgehead atoms. The molecule has 1 aromatic heterocycles. The number of aromatic nitrogens is 2. The zero-order valence-electron chi connectivity index (χ0n) is 21.4. The smallest absolute Gasteiger partial charge is 0.174 e. The maximum absolute atomic E-state index is 16.0. The van der Waals surface area contributed by atoms with E-state index >= 15 is 4.39 Å². The number of nitrogens with zero attached hydrogens (tertiary/aromatic N) is 3. The van der Waals surface area contributed by atoms with E-state index in [0.29, 0.717) is 40.1 Å². The first-order chi connectivity index (χ1) is 17.7. The number of nitrogens with one attached hydrogen (secondary N) is 1. The van der Waals surface area contributed by atoms with E-state index in [1.165, 1.54) is 6.07 Å². The van der Waals surface area contributed by atoms with Gasteiger partial charge in [0, 0.05) is 42.0 Å². The number of carbonyl (C=O) groups excluding carboxylic acids is 1. The number of aromatic amines is 1. The molecular formula is C28H30F2N4O3. The lowest BCUT2D eigenvalue weighted by molar-refractivity contribution is 0.112. The number of benzene rings is 3. The molecule has 0 aliphatic carbocycles. The van der Waals surface area contributed by atoms with Crippen LogP contribution in [0.2, 0.25) is 0 Å². The molecule has 2 heterocycles. The first-order valence-electron chi connectivity index (χ1n) is 11.9. The van der Waals surface area contributed by atoms with Crippen LogP contribution in [0.1, 0.15) is 38.1 Å². The Morgan fingerprint density at radius 1 is 1.08 bits per heavy atom. The molecule has 0 saturated heterocycles. The minimum atomic E-state index is -0.535. The van der Waals surface area contributed by atoms with E-state index in [9.17, 15) is 9.18 Å². The molecule has 5 rings (SSSR count). The highest BCUT2D eigenvalue weighted by Gasteiger charge is 2.41. The summed E-state index contributed by atoms with van der Waals surface area (Å²) in [6.07, 6.45) is 2.16. The van der Waals surface area contributed by atoms with Crippen LogP contribution in [0.15, 0.2) is 54.7 Å². The summed E-state index contributed by atoms with van der Waals surface area (Å²) in [5, 5.41) is 14.4. The molecule has 1 aliphatic heterocycles. The standard InChI is InChI=1S/C27H26F2N4O2.CH4O/c1-16(2)35-23-12-20(9-10-21(23)28)33-22-11-18-13-30-31-25(18)24(29)26(22)32(15-27(33,3)4)19-7-5-17(14-34)6-8-19;1-2/h5-14,16H,15H2,1-4H3,(H,30,31);2H,1H3. The van der Waals surface area contributed by atoms with E-state index in [2.05, 4.69) is 10.2 Å². The fourth-order valence-electron chi connectivity index (χ4n) is 4.73. The van der Waals surface area contributed by atoms with Crippen LogP contribution in [-0.4, -0.2) is 46.9 Å². The molecule has 4 aromatic rings. The predicted molar refractivity (Wildman–Crippen MR) is 141 cm³/mol. The SMILES string of the molecule is CC(C)Oc1cc(N2c3cc4cn[nH]c4c(F)c3N(c3ccc(C=O)cc3)CC2(C)C)ccc1F.CO. The van der Waals surface area contributed by atoms with Gasteiger partial charge in [-0.05, 0) is 70.2 Å². The van der Waals surface area contributed by atoms with Crippen LogP contribution >= 0.6 is 0 Å². The second-order valence-electron chi connectivity index (χ2n) is 9.62. The average molecular weight is 509 g/mol. The van der Waals surface area contributed by atoms with Crippen LogP contribution in [0, 0.1) is 11.6 Å². The summed E-state index contributed by atoms with van der Waals surface area (Å²) in [6, 6.07) is 13.6. The molecule has 9 heteroatoms. The Hall–Kier alpha value is -3.98. The largest absolute Gasteiger partial charge is 0.488 e. The first kappa shape index (κ1) is 26.1. The number of aliphatic hydroxyl groups excluding tert-OH is 1. The topological polar surface area (TPSA) is 81.7 Å². The molecule has 0 atom stereocenters. The molecule has 0 amide bonds. The molecule has 3 aromatic carbocycles. The van der Waals surface area contributed by atoms with Crippen LogP contribution in [0.5, 0.6) is 5.75 Å². The lowest BCUT2D eigenvalue weighted by atomic mass is 9.93. The highest BCUT2D eigenvalue weighted by Crippen LogP contribution is 2.50. The predicted octanol–water partition coefficient (Wildman–Crippen LogP) is 6.12. The fourth-order valence-corrected chi connectivity index (χ4v) is 4.73. The van der Waals surface area contributed by atoms with Crippen LogP contribution in [0.25, 0.3) is 10.9 Å². The highest BCUT2D eigenvalue weighted by molar-refractivity contribution is 5.96. The van der Waals surface area contributed by atoms with E-state index < -0.39 is 17.2 Å². The average Bonchev–Trinajstić information content (AvgIpc) is 3.35. The van der Waals surface area contributed by atoms with Crippen LogP contribution in [0.3, 0.4) is 0 Å². The van der Waals surface area contributed by atoms with Crippen molar-refractivity contribution in [3.63, 3.8) is 0 Å². The number of anilines is 4. The van der Waals surface area contributed by atoms with E-state index in [4.69, 9.17) is 9.84 Å². The van der Waals surface area contributed by atoms with Crippen molar-refractivity contribution in [2.75, 3.05) is 23.5 Å². The van der Waals surface area contributed by atoms with Crippen LogP contribution < -0.4 is 14.5 Å². The van der Waals surface area contributed by atoms with Crippen molar-refractivity contribution in [3.05, 3.63) is 71.9 Å². The third kappa shape index (κ3) is 4.74. The maximum Gasteiger partial charge on any atom is 0.174 e. The molecule has 0 unspecified atom stereocenters. The Bertz CT molecular complexity index is 1420. The number of hydrogen-bond acceptors (Lipinski definition) is 6. The monoisotopic (exact) mass is 508 g/mol. The summed E-state index contributed by atoms with van der Waals surface area (Å²) in [5.74, 6) is -0.742. The van der Waals surface area contributed by atoms with E-state index in [1.807, 2.05) is 55.7 Å². The fraction of sp³-hybridized carbons (Fsp3) is 0.286. The molecule has 0 radical (unpaired) electrons. The molecular weight excluding hydrogens is 478 g/mol. The number of carbonyl (C=O) groups is 1. The van der Waals surface area contributed by atoms with Crippen LogP contribution in [-0.2, 0) is 0 Å². The van der Waals surface area contributed by atoms with E-state index in [-0.39, 0.29) is 11.9 Å². The molecule has 37 heavy (non-hydrogen) atoms.